The lowest BCUT2D eigenvalue weighted by Gasteiger charge is -2.13. The summed E-state index contributed by atoms with van der Waals surface area (Å²) in [6, 6.07) is 7.83. The van der Waals surface area contributed by atoms with Gasteiger partial charge in [-0.3, -0.25) is 14.5 Å². The number of carboxylic acid groups (broad SMARTS) is 1. The predicted molar refractivity (Wildman–Crippen MR) is 95.9 cm³/mol. The molecule has 1 aliphatic rings. The van der Waals surface area contributed by atoms with Crippen LogP contribution in [0.15, 0.2) is 29.2 Å². The second-order valence-corrected chi connectivity index (χ2v) is 7.31. The Morgan fingerprint density at radius 2 is 2.24 bits per heavy atom. The molecule has 1 aliphatic heterocycles. The number of benzene rings is 1. The molecule has 21 heavy (non-hydrogen) atoms. The van der Waals surface area contributed by atoms with E-state index in [1.807, 2.05) is 30.3 Å². The summed E-state index contributed by atoms with van der Waals surface area (Å²) in [6.45, 7) is 0.348. The normalized spacial score (nSPS) is 16.8. The van der Waals surface area contributed by atoms with E-state index in [2.05, 4.69) is 22.6 Å². The van der Waals surface area contributed by atoms with Crippen molar-refractivity contribution in [1.29, 1.82) is 0 Å². The SMILES string of the molecule is O=C(O)CCCN1C(=O)/C(=C/c2cccc(I)c2)SC1=S. The second-order valence-electron chi connectivity index (χ2n) is 4.39. The fourth-order valence-electron chi connectivity index (χ4n) is 1.83. The van der Waals surface area contributed by atoms with E-state index < -0.39 is 5.97 Å². The molecule has 0 aromatic heterocycles. The quantitative estimate of drug-likeness (QED) is 0.439. The highest BCUT2D eigenvalue weighted by atomic mass is 127. The Kier molecular flexibility index (Phi) is 5.77. The molecule has 1 aromatic carbocycles. The van der Waals surface area contributed by atoms with Crippen LogP contribution in [0.4, 0.5) is 0 Å². The van der Waals surface area contributed by atoms with Crippen molar-refractivity contribution in [2.75, 3.05) is 6.54 Å². The minimum atomic E-state index is -0.866. The topological polar surface area (TPSA) is 57.6 Å². The first-order chi connectivity index (χ1) is 9.97. The highest BCUT2D eigenvalue weighted by molar-refractivity contribution is 14.1. The Hall–Kier alpha value is -0.930. The van der Waals surface area contributed by atoms with Crippen molar-refractivity contribution in [2.45, 2.75) is 12.8 Å². The van der Waals surface area contributed by atoms with Crippen molar-refractivity contribution >= 4 is 68.8 Å². The smallest absolute Gasteiger partial charge is 0.303 e. The van der Waals surface area contributed by atoms with Crippen LogP contribution in [0.25, 0.3) is 6.08 Å². The van der Waals surface area contributed by atoms with E-state index in [0.29, 0.717) is 22.2 Å². The number of thioether (sulfide) groups is 1. The summed E-state index contributed by atoms with van der Waals surface area (Å²) in [5, 5.41) is 8.64. The molecule has 110 valence electrons. The van der Waals surface area contributed by atoms with Gasteiger partial charge in [-0.25, -0.2) is 0 Å². The van der Waals surface area contributed by atoms with E-state index >= 15 is 0 Å². The first-order valence-corrected chi connectivity index (χ1v) is 8.50. The molecule has 7 heteroatoms. The standard InChI is InChI=1S/C14H12INO3S2/c15-10-4-1-3-9(7-10)8-11-13(19)16(14(20)21-11)6-2-5-12(17)18/h1,3-4,7-8H,2,5-6H2,(H,17,18)/b11-8-. The summed E-state index contributed by atoms with van der Waals surface area (Å²) in [5.41, 5.74) is 0.952. The average Bonchev–Trinajstić information content (AvgIpc) is 2.66. The van der Waals surface area contributed by atoms with E-state index in [0.717, 1.165) is 9.13 Å². The molecule has 0 saturated carbocycles. The Bertz CT molecular complexity index is 630. The van der Waals surface area contributed by atoms with Crippen molar-refractivity contribution < 1.29 is 14.7 Å². The maximum absolute atomic E-state index is 12.3. The minimum absolute atomic E-state index is 0.0347. The largest absolute Gasteiger partial charge is 0.481 e. The molecule has 0 bridgehead atoms. The van der Waals surface area contributed by atoms with Crippen LogP contribution in [0.5, 0.6) is 0 Å². The summed E-state index contributed by atoms with van der Waals surface area (Å²) in [6.07, 6.45) is 2.25. The molecular formula is C14H12INO3S2. The predicted octanol–water partition coefficient (Wildman–Crippen LogP) is 3.36. The number of carbonyl (C=O) groups excluding carboxylic acids is 1. The van der Waals surface area contributed by atoms with E-state index in [1.165, 1.54) is 16.7 Å². The van der Waals surface area contributed by atoms with Gasteiger partial charge in [-0.1, -0.05) is 36.1 Å². The molecule has 1 saturated heterocycles. The van der Waals surface area contributed by atoms with Gasteiger partial charge in [0.25, 0.3) is 5.91 Å². The van der Waals surface area contributed by atoms with Crippen LogP contribution in [0.1, 0.15) is 18.4 Å². The number of thiocarbonyl (C=S) groups is 1. The number of carbonyl (C=O) groups is 2. The van der Waals surface area contributed by atoms with Crippen LogP contribution in [0, 0.1) is 3.57 Å². The molecule has 0 radical (unpaired) electrons. The molecule has 0 aliphatic carbocycles. The number of amides is 1. The fraction of sp³-hybridized carbons (Fsp3) is 0.214. The van der Waals surface area contributed by atoms with Crippen LogP contribution < -0.4 is 0 Å². The van der Waals surface area contributed by atoms with Crippen LogP contribution in [-0.2, 0) is 9.59 Å². The first kappa shape index (κ1) is 16.4. The first-order valence-electron chi connectivity index (χ1n) is 6.20. The number of nitrogens with zero attached hydrogens (tertiary/aromatic N) is 1. The van der Waals surface area contributed by atoms with E-state index in [1.54, 1.807) is 0 Å². The molecule has 0 unspecified atom stereocenters. The van der Waals surface area contributed by atoms with Gasteiger partial charge in [-0.05, 0) is 52.8 Å². The average molecular weight is 433 g/mol. The van der Waals surface area contributed by atoms with Gasteiger partial charge in [-0.15, -0.1) is 0 Å². The zero-order chi connectivity index (χ0) is 15.4. The lowest BCUT2D eigenvalue weighted by molar-refractivity contribution is -0.137. The molecule has 1 heterocycles. The molecule has 1 amide bonds. The molecule has 0 atom stereocenters. The molecule has 2 rings (SSSR count). The van der Waals surface area contributed by atoms with Gasteiger partial charge < -0.3 is 5.11 Å². The fourth-order valence-corrected chi connectivity index (χ4v) is 3.70. The maximum atomic E-state index is 12.3. The summed E-state index contributed by atoms with van der Waals surface area (Å²) in [5.74, 6) is -1.01. The number of hydrogen-bond acceptors (Lipinski definition) is 4. The maximum Gasteiger partial charge on any atom is 0.303 e. The molecule has 4 nitrogen and oxygen atoms in total. The molecule has 1 N–H and O–H groups in total. The van der Waals surface area contributed by atoms with E-state index in [4.69, 9.17) is 17.3 Å². The zero-order valence-electron chi connectivity index (χ0n) is 10.9. The Labute approximate surface area is 145 Å². The van der Waals surface area contributed by atoms with Crippen LogP contribution >= 0.6 is 46.6 Å². The van der Waals surface area contributed by atoms with Crippen LogP contribution in [-0.4, -0.2) is 32.7 Å². The van der Waals surface area contributed by atoms with Gasteiger partial charge in [0.2, 0.25) is 0 Å². The highest BCUT2D eigenvalue weighted by Crippen LogP contribution is 2.32. The summed E-state index contributed by atoms with van der Waals surface area (Å²) >= 11 is 8.67. The number of rotatable bonds is 5. The van der Waals surface area contributed by atoms with Crippen molar-refractivity contribution in [3.63, 3.8) is 0 Å². The van der Waals surface area contributed by atoms with Crippen LogP contribution in [0.2, 0.25) is 0 Å². The van der Waals surface area contributed by atoms with Crippen molar-refractivity contribution in [3.8, 4) is 0 Å². The lowest BCUT2D eigenvalue weighted by atomic mass is 10.2. The number of aliphatic carboxylic acids is 1. The third-order valence-corrected chi connectivity index (χ3v) is 4.84. The molecule has 1 fully saturated rings. The Morgan fingerprint density at radius 3 is 2.90 bits per heavy atom. The Morgan fingerprint density at radius 1 is 1.48 bits per heavy atom. The number of halogens is 1. The van der Waals surface area contributed by atoms with Gasteiger partial charge in [0.05, 0.1) is 4.91 Å². The Balaban J connectivity index is 2.08. The summed E-state index contributed by atoms with van der Waals surface area (Å²) in [7, 11) is 0. The van der Waals surface area contributed by atoms with E-state index in [9.17, 15) is 9.59 Å². The van der Waals surface area contributed by atoms with E-state index in [-0.39, 0.29) is 12.3 Å². The lowest BCUT2D eigenvalue weighted by Crippen LogP contribution is -2.29. The van der Waals surface area contributed by atoms with Gasteiger partial charge in [0.15, 0.2) is 0 Å². The van der Waals surface area contributed by atoms with Crippen molar-refractivity contribution in [3.05, 3.63) is 38.3 Å². The minimum Gasteiger partial charge on any atom is -0.481 e. The monoisotopic (exact) mass is 433 g/mol. The number of carboxylic acids is 1. The third kappa shape index (κ3) is 4.52. The van der Waals surface area contributed by atoms with Gasteiger partial charge in [-0.2, -0.15) is 0 Å². The van der Waals surface area contributed by atoms with Crippen LogP contribution in [0.3, 0.4) is 0 Å². The summed E-state index contributed by atoms with van der Waals surface area (Å²) in [4.78, 5) is 24.9. The zero-order valence-corrected chi connectivity index (χ0v) is 14.7. The third-order valence-electron chi connectivity index (χ3n) is 2.79. The van der Waals surface area contributed by atoms with Crippen molar-refractivity contribution in [1.82, 2.24) is 4.90 Å². The van der Waals surface area contributed by atoms with Gasteiger partial charge in [0, 0.05) is 16.5 Å². The molecule has 0 spiro atoms. The van der Waals surface area contributed by atoms with Gasteiger partial charge >= 0.3 is 5.97 Å². The van der Waals surface area contributed by atoms with Gasteiger partial charge in [0.1, 0.15) is 4.32 Å². The number of hydrogen-bond donors (Lipinski definition) is 1. The highest BCUT2D eigenvalue weighted by Gasteiger charge is 2.31. The summed E-state index contributed by atoms with van der Waals surface area (Å²) < 4.78 is 1.58. The van der Waals surface area contributed by atoms with Crippen molar-refractivity contribution in [2.24, 2.45) is 0 Å². The second kappa shape index (κ2) is 7.37. The molecular weight excluding hydrogens is 421 g/mol. The molecule has 1 aromatic rings.